The third kappa shape index (κ3) is 4.92. The lowest BCUT2D eigenvalue weighted by Gasteiger charge is -2.13. The standard InChI is InChI=1S/C14H21BrOS/c1-4-17-7-5-6-16-14-11(2)8-13(10-15)9-12(14)3/h8-9H,4-7,10H2,1-3H3. The smallest absolute Gasteiger partial charge is 0.125 e. The van der Waals surface area contributed by atoms with E-state index in [4.69, 9.17) is 4.74 Å². The summed E-state index contributed by atoms with van der Waals surface area (Å²) in [6.07, 6.45) is 1.12. The molecule has 0 spiro atoms. The molecule has 0 amide bonds. The van der Waals surface area contributed by atoms with Gasteiger partial charge in [0.25, 0.3) is 0 Å². The molecule has 96 valence electrons. The molecule has 0 aromatic heterocycles. The molecular formula is C14H21BrOS. The Morgan fingerprint density at radius 2 is 1.88 bits per heavy atom. The Morgan fingerprint density at radius 1 is 1.24 bits per heavy atom. The van der Waals surface area contributed by atoms with Crippen molar-refractivity contribution in [2.24, 2.45) is 0 Å². The zero-order valence-corrected chi connectivity index (χ0v) is 13.3. The molecule has 0 aliphatic heterocycles. The third-order valence-electron chi connectivity index (χ3n) is 2.56. The van der Waals surface area contributed by atoms with E-state index in [1.807, 2.05) is 11.8 Å². The number of rotatable bonds is 7. The van der Waals surface area contributed by atoms with Crippen molar-refractivity contribution in [3.8, 4) is 5.75 Å². The molecule has 0 atom stereocenters. The van der Waals surface area contributed by atoms with Crippen LogP contribution < -0.4 is 4.74 Å². The molecule has 0 heterocycles. The van der Waals surface area contributed by atoms with E-state index in [2.05, 4.69) is 48.8 Å². The first kappa shape index (κ1) is 14.9. The average molecular weight is 317 g/mol. The van der Waals surface area contributed by atoms with Gasteiger partial charge in [0.1, 0.15) is 5.75 Å². The Bertz CT molecular complexity index is 329. The maximum Gasteiger partial charge on any atom is 0.125 e. The Morgan fingerprint density at radius 3 is 2.41 bits per heavy atom. The fraction of sp³-hybridized carbons (Fsp3) is 0.571. The van der Waals surface area contributed by atoms with E-state index in [0.29, 0.717) is 0 Å². The zero-order valence-electron chi connectivity index (χ0n) is 10.9. The maximum atomic E-state index is 5.88. The summed E-state index contributed by atoms with van der Waals surface area (Å²) in [6.45, 7) is 7.26. The molecule has 0 radical (unpaired) electrons. The van der Waals surface area contributed by atoms with Crippen LogP contribution in [-0.2, 0) is 5.33 Å². The van der Waals surface area contributed by atoms with Crippen molar-refractivity contribution < 1.29 is 4.74 Å². The predicted molar refractivity (Wildman–Crippen MR) is 81.7 cm³/mol. The van der Waals surface area contributed by atoms with E-state index < -0.39 is 0 Å². The molecule has 0 saturated heterocycles. The van der Waals surface area contributed by atoms with Crippen LogP contribution in [0.1, 0.15) is 30.0 Å². The normalized spacial score (nSPS) is 10.6. The van der Waals surface area contributed by atoms with Gasteiger partial charge in [-0.05, 0) is 48.5 Å². The molecule has 3 heteroatoms. The van der Waals surface area contributed by atoms with Crippen molar-refractivity contribution in [3.63, 3.8) is 0 Å². The lowest BCUT2D eigenvalue weighted by Crippen LogP contribution is -2.02. The number of thioether (sulfide) groups is 1. The third-order valence-corrected chi connectivity index (χ3v) is 4.19. The van der Waals surface area contributed by atoms with Crippen LogP contribution in [0.3, 0.4) is 0 Å². The monoisotopic (exact) mass is 316 g/mol. The SMILES string of the molecule is CCSCCCOc1c(C)cc(CBr)cc1C. The van der Waals surface area contributed by atoms with E-state index in [9.17, 15) is 0 Å². The number of benzene rings is 1. The Kier molecular flexibility index (Phi) is 7.05. The van der Waals surface area contributed by atoms with Gasteiger partial charge in [0.2, 0.25) is 0 Å². The van der Waals surface area contributed by atoms with Crippen molar-refractivity contribution in [2.75, 3.05) is 18.1 Å². The van der Waals surface area contributed by atoms with Crippen LogP contribution in [0.4, 0.5) is 0 Å². The van der Waals surface area contributed by atoms with Crippen LogP contribution >= 0.6 is 27.7 Å². The van der Waals surface area contributed by atoms with E-state index in [-0.39, 0.29) is 0 Å². The topological polar surface area (TPSA) is 9.23 Å². The highest BCUT2D eigenvalue weighted by Gasteiger charge is 2.05. The van der Waals surface area contributed by atoms with Crippen LogP contribution in [0.5, 0.6) is 5.75 Å². The summed E-state index contributed by atoms with van der Waals surface area (Å²) in [5.41, 5.74) is 3.79. The van der Waals surface area contributed by atoms with Gasteiger partial charge >= 0.3 is 0 Å². The number of alkyl halides is 1. The van der Waals surface area contributed by atoms with E-state index in [0.717, 1.165) is 24.1 Å². The van der Waals surface area contributed by atoms with Crippen molar-refractivity contribution in [2.45, 2.75) is 32.5 Å². The number of ether oxygens (including phenoxy) is 1. The van der Waals surface area contributed by atoms with Gasteiger partial charge in [-0.3, -0.25) is 0 Å². The Hall–Kier alpha value is -0.150. The van der Waals surface area contributed by atoms with E-state index in [1.165, 1.54) is 28.2 Å². The van der Waals surface area contributed by atoms with Gasteiger partial charge in [-0.25, -0.2) is 0 Å². The first-order valence-corrected chi connectivity index (χ1v) is 8.33. The minimum Gasteiger partial charge on any atom is -0.493 e. The molecule has 0 bridgehead atoms. The van der Waals surface area contributed by atoms with Gasteiger partial charge in [-0.1, -0.05) is 35.0 Å². The minimum atomic E-state index is 0.822. The molecule has 0 N–H and O–H groups in total. The summed E-state index contributed by atoms with van der Waals surface area (Å²) in [6, 6.07) is 4.38. The fourth-order valence-corrected chi connectivity index (χ4v) is 2.76. The second-order valence-corrected chi connectivity index (χ2v) is 6.05. The molecule has 1 nitrogen and oxygen atoms in total. The molecular weight excluding hydrogens is 296 g/mol. The van der Waals surface area contributed by atoms with Crippen molar-refractivity contribution in [1.29, 1.82) is 0 Å². The van der Waals surface area contributed by atoms with Crippen LogP contribution in [-0.4, -0.2) is 18.1 Å². The molecule has 0 fully saturated rings. The fourth-order valence-electron chi connectivity index (χ4n) is 1.82. The highest BCUT2D eigenvalue weighted by atomic mass is 79.9. The van der Waals surface area contributed by atoms with Gasteiger partial charge in [-0.2, -0.15) is 11.8 Å². The van der Waals surface area contributed by atoms with E-state index >= 15 is 0 Å². The van der Waals surface area contributed by atoms with Crippen LogP contribution in [0.25, 0.3) is 0 Å². The van der Waals surface area contributed by atoms with Gasteiger partial charge in [-0.15, -0.1) is 0 Å². The highest BCUT2D eigenvalue weighted by Crippen LogP contribution is 2.26. The molecule has 0 aliphatic rings. The summed E-state index contributed by atoms with van der Waals surface area (Å²) in [5.74, 6) is 3.45. The maximum absolute atomic E-state index is 5.88. The largest absolute Gasteiger partial charge is 0.493 e. The van der Waals surface area contributed by atoms with Gasteiger partial charge in [0.15, 0.2) is 0 Å². The summed E-state index contributed by atoms with van der Waals surface area (Å²) in [4.78, 5) is 0. The molecule has 1 rings (SSSR count). The van der Waals surface area contributed by atoms with Gasteiger partial charge in [0.05, 0.1) is 6.61 Å². The summed E-state index contributed by atoms with van der Waals surface area (Å²) >= 11 is 5.46. The van der Waals surface area contributed by atoms with Crippen LogP contribution in [0.15, 0.2) is 12.1 Å². The average Bonchev–Trinajstić information content (AvgIpc) is 2.31. The molecule has 17 heavy (non-hydrogen) atoms. The van der Waals surface area contributed by atoms with Gasteiger partial charge < -0.3 is 4.74 Å². The lowest BCUT2D eigenvalue weighted by molar-refractivity contribution is 0.314. The summed E-state index contributed by atoms with van der Waals surface area (Å²) in [5, 5.41) is 0.905. The molecule has 0 unspecified atom stereocenters. The molecule has 0 aliphatic carbocycles. The van der Waals surface area contributed by atoms with Crippen molar-refractivity contribution in [1.82, 2.24) is 0 Å². The summed E-state index contributed by atoms with van der Waals surface area (Å²) in [7, 11) is 0. The van der Waals surface area contributed by atoms with Crippen LogP contribution in [0, 0.1) is 13.8 Å². The second kappa shape index (κ2) is 8.04. The Balaban J connectivity index is 2.53. The first-order chi connectivity index (χ1) is 8.19. The number of halogens is 1. The summed E-state index contributed by atoms with van der Waals surface area (Å²) < 4.78 is 5.88. The highest BCUT2D eigenvalue weighted by molar-refractivity contribution is 9.08. The quantitative estimate of drug-likeness (QED) is 0.531. The second-order valence-electron chi connectivity index (χ2n) is 4.09. The van der Waals surface area contributed by atoms with E-state index in [1.54, 1.807) is 0 Å². The minimum absolute atomic E-state index is 0.822. The van der Waals surface area contributed by atoms with Crippen molar-refractivity contribution in [3.05, 3.63) is 28.8 Å². The van der Waals surface area contributed by atoms with Crippen molar-refractivity contribution >= 4 is 27.7 Å². The predicted octanol–water partition coefficient (Wildman–Crippen LogP) is 4.72. The lowest BCUT2D eigenvalue weighted by atomic mass is 10.1. The zero-order chi connectivity index (χ0) is 12.7. The Labute approximate surface area is 117 Å². The first-order valence-electron chi connectivity index (χ1n) is 6.05. The molecule has 0 saturated carbocycles. The molecule has 1 aromatic carbocycles. The molecule has 1 aromatic rings. The number of hydrogen-bond donors (Lipinski definition) is 0. The number of aryl methyl sites for hydroxylation is 2. The van der Waals surface area contributed by atoms with Crippen LogP contribution in [0.2, 0.25) is 0 Å². The van der Waals surface area contributed by atoms with Gasteiger partial charge in [0, 0.05) is 5.33 Å². The number of hydrogen-bond acceptors (Lipinski definition) is 2.